The fourth-order valence-corrected chi connectivity index (χ4v) is 8.19. The number of benzene rings is 2. The molecule has 0 saturated heterocycles. The lowest BCUT2D eigenvalue weighted by Crippen LogP contribution is -2.56. The van der Waals surface area contributed by atoms with E-state index in [1.54, 1.807) is 0 Å². The molecule has 0 aliphatic rings. The van der Waals surface area contributed by atoms with Crippen molar-refractivity contribution in [2.24, 2.45) is 0 Å². The zero-order valence-corrected chi connectivity index (χ0v) is 23.5. The van der Waals surface area contributed by atoms with Crippen molar-refractivity contribution in [3.8, 4) is 0 Å². The number of anilines is 2. The average molecular weight is 511 g/mol. The fraction of sp³-hybridized carbons (Fsp3) is 0.500. The van der Waals surface area contributed by atoms with E-state index in [-0.39, 0.29) is 0 Å². The maximum atomic E-state index is 5.79. The van der Waals surface area contributed by atoms with Gasteiger partial charge in [0.15, 0.2) is 0 Å². The fourth-order valence-electron chi connectivity index (χ4n) is 3.26. The van der Waals surface area contributed by atoms with Crippen molar-refractivity contribution in [1.82, 2.24) is 0 Å². The number of nitrogen functional groups attached to an aromatic ring is 2. The third-order valence-corrected chi connectivity index (χ3v) is 10.6. The molecule has 0 bridgehead atoms. The standard InChI is InChI=1S/2C12H21NO3Si/c2*1-4-14-17(15-5-2,16-6-3)12-9-7-11(13)8-10-12/h2*7-10H,4-6,13H2,1-3H3. The molecule has 2 rings (SSSR count). The summed E-state index contributed by atoms with van der Waals surface area (Å²) in [4.78, 5) is 0. The van der Waals surface area contributed by atoms with Gasteiger partial charge >= 0.3 is 17.6 Å². The first kappa shape index (κ1) is 30.3. The molecule has 4 N–H and O–H groups in total. The summed E-state index contributed by atoms with van der Waals surface area (Å²) in [6, 6.07) is 15.0. The predicted molar refractivity (Wildman–Crippen MR) is 142 cm³/mol. The van der Waals surface area contributed by atoms with Crippen LogP contribution in [0.4, 0.5) is 11.4 Å². The molecule has 0 fully saturated rings. The molecule has 10 heteroatoms. The van der Waals surface area contributed by atoms with Gasteiger partial charge < -0.3 is 38.0 Å². The highest BCUT2D eigenvalue weighted by molar-refractivity contribution is 6.75. The lowest BCUT2D eigenvalue weighted by molar-refractivity contribution is 0.0851. The third-order valence-electron chi connectivity index (χ3n) is 4.53. The Morgan fingerprint density at radius 1 is 0.441 bits per heavy atom. The van der Waals surface area contributed by atoms with Gasteiger partial charge in [0.25, 0.3) is 0 Å². The number of rotatable bonds is 14. The summed E-state index contributed by atoms with van der Waals surface area (Å²) >= 11 is 0. The Hall–Kier alpha value is -1.77. The smallest absolute Gasteiger partial charge is 0.399 e. The van der Waals surface area contributed by atoms with Gasteiger partial charge in [-0.1, -0.05) is 24.3 Å². The van der Waals surface area contributed by atoms with E-state index in [4.69, 9.17) is 38.0 Å². The van der Waals surface area contributed by atoms with Gasteiger partial charge in [0, 0.05) is 61.4 Å². The van der Waals surface area contributed by atoms with Crippen LogP contribution in [0.3, 0.4) is 0 Å². The van der Waals surface area contributed by atoms with Gasteiger partial charge in [-0.3, -0.25) is 0 Å². The summed E-state index contributed by atoms with van der Waals surface area (Å²) in [5.41, 5.74) is 12.8. The van der Waals surface area contributed by atoms with E-state index >= 15 is 0 Å². The lowest BCUT2D eigenvalue weighted by atomic mass is 10.3. The van der Waals surface area contributed by atoms with Gasteiger partial charge in [-0.25, -0.2) is 0 Å². The van der Waals surface area contributed by atoms with E-state index in [9.17, 15) is 0 Å². The molecule has 0 radical (unpaired) electrons. The third kappa shape index (κ3) is 8.78. The largest absolute Gasteiger partial charge is 0.537 e. The van der Waals surface area contributed by atoms with Crippen LogP contribution in [0.5, 0.6) is 0 Å². The van der Waals surface area contributed by atoms with E-state index < -0.39 is 17.6 Å². The molecular weight excluding hydrogens is 468 g/mol. The minimum atomic E-state index is -2.75. The van der Waals surface area contributed by atoms with Crippen molar-refractivity contribution >= 4 is 39.4 Å². The van der Waals surface area contributed by atoms with Crippen molar-refractivity contribution in [3.05, 3.63) is 48.5 Å². The van der Waals surface area contributed by atoms with Crippen LogP contribution in [0.25, 0.3) is 0 Å². The molecule has 0 atom stereocenters. The summed E-state index contributed by atoms with van der Waals surface area (Å²) in [6.07, 6.45) is 0. The molecule has 0 spiro atoms. The van der Waals surface area contributed by atoms with Gasteiger partial charge in [-0.15, -0.1) is 0 Å². The van der Waals surface area contributed by atoms with Crippen molar-refractivity contribution in [1.29, 1.82) is 0 Å². The lowest BCUT2D eigenvalue weighted by Gasteiger charge is -2.28. The first-order chi connectivity index (χ1) is 16.4. The zero-order chi connectivity index (χ0) is 25.5. The topological polar surface area (TPSA) is 107 Å². The Labute approximate surface area is 207 Å². The number of hydrogen-bond acceptors (Lipinski definition) is 8. The summed E-state index contributed by atoms with van der Waals surface area (Å²) in [7, 11) is -5.50. The number of hydrogen-bond donors (Lipinski definition) is 2. The highest BCUT2D eigenvalue weighted by Gasteiger charge is 2.43. The first-order valence-electron chi connectivity index (χ1n) is 11.9. The monoisotopic (exact) mass is 510 g/mol. The molecule has 34 heavy (non-hydrogen) atoms. The second kappa shape index (κ2) is 16.0. The Morgan fingerprint density at radius 3 is 0.824 bits per heavy atom. The highest BCUT2D eigenvalue weighted by atomic mass is 28.4. The minimum absolute atomic E-state index is 0.566. The van der Waals surface area contributed by atoms with Crippen LogP contribution in [0.2, 0.25) is 0 Å². The molecule has 0 heterocycles. The molecule has 0 saturated carbocycles. The van der Waals surface area contributed by atoms with Gasteiger partial charge in [0.2, 0.25) is 0 Å². The Balaban J connectivity index is 0.000000340. The number of nitrogens with two attached hydrogens (primary N) is 2. The molecule has 8 nitrogen and oxygen atoms in total. The summed E-state index contributed by atoms with van der Waals surface area (Å²) in [6.45, 7) is 15.0. The molecular formula is C24H42N2O6Si2. The summed E-state index contributed by atoms with van der Waals surface area (Å²) < 4.78 is 34.7. The predicted octanol–water partition coefficient (Wildman–Crippen LogP) is 3.05. The van der Waals surface area contributed by atoms with Crippen molar-refractivity contribution < 1.29 is 26.6 Å². The molecule has 0 aromatic heterocycles. The molecule has 192 valence electrons. The zero-order valence-electron chi connectivity index (χ0n) is 21.5. The van der Waals surface area contributed by atoms with E-state index in [0.29, 0.717) is 39.6 Å². The Kier molecular flexibility index (Phi) is 14.2. The second-order valence-electron chi connectivity index (χ2n) is 6.95. The SMILES string of the molecule is CCO[Si](OCC)(OCC)c1ccc(N)cc1.CCO[Si](OCC)(OCC)c1ccc(N)cc1. The molecule has 2 aromatic rings. The molecule has 0 aliphatic carbocycles. The average Bonchev–Trinajstić information content (AvgIpc) is 2.81. The van der Waals surface area contributed by atoms with Crippen LogP contribution in [-0.4, -0.2) is 57.3 Å². The van der Waals surface area contributed by atoms with Gasteiger partial charge in [-0.05, 0) is 65.8 Å². The summed E-state index contributed by atoms with van der Waals surface area (Å²) in [5, 5.41) is 1.91. The van der Waals surface area contributed by atoms with Crippen molar-refractivity contribution in [2.45, 2.75) is 41.5 Å². The van der Waals surface area contributed by atoms with Gasteiger partial charge in [0.1, 0.15) is 0 Å². The minimum Gasteiger partial charge on any atom is -0.399 e. The normalized spacial score (nSPS) is 11.7. The maximum Gasteiger partial charge on any atom is 0.537 e. The van der Waals surface area contributed by atoms with Crippen LogP contribution in [0.1, 0.15) is 41.5 Å². The summed E-state index contributed by atoms with van der Waals surface area (Å²) in [5.74, 6) is 0. The van der Waals surface area contributed by atoms with Crippen LogP contribution in [0.15, 0.2) is 48.5 Å². The van der Waals surface area contributed by atoms with E-state index in [0.717, 1.165) is 21.7 Å². The molecule has 2 aromatic carbocycles. The molecule has 0 aliphatic heterocycles. The highest BCUT2D eigenvalue weighted by Crippen LogP contribution is 2.13. The van der Waals surface area contributed by atoms with Crippen molar-refractivity contribution in [3.63, 3.8) is 0 Å². The van der Waals surface area contributed by atoms with E-state index in [2.05, 4.69) is 0 Å². The maximum absolute atomic E-state index is 5.79. The Bertz CT molecular complexity index is 692. The van der Waals surface area contributed by atoms with Crippen molar-refractivity contribution in [2.75, 3.05) is 51.1 Å². The molecule has 0 unspecified atom stereocenters. The first-order valence-corrected chi connectivity index (χ1v) is 15.4. The van der Waals surface area contributed by atoms with Crippen LogP contribution < -0.4 is 21.8 Å². The second-order valence-corrected chi connectivity index (χ2v) is 12.1. The van der Waals surface area contributed by atoms with E-state index in [1.165, 1.54) is 0 Å². The quantitative estimate of drug-likeness (QED) is 0.295. The van der Waals surface area contributed by atoms with Crippen LogP contribution >= 0.6 is 0 Å². The van der Waals surface area contributed by atoms with Crippen LogP contribution in [0, 0.1) is 0 Å². The Morgan fingerprint density at radius 2 is 0.647 bits per heavy atom. The molecule has 0 amide bonds. The van der Waals surface area contributed by atoms with Gasteiger partial charge in [0.05, 0.1) is 0 Å². The van der Waals surface area contributed by atoms with Crippen LogP contribution in [-0.2, 0) is 26.6 Å². The van der Waals surface area contributed by atoms with Gasteiger partial charge in [-0.2, -0.15) is 0 Å². The van der Waals surface area contributed by atoms with E-state index in [1.807, 2.05) is 90.1 Å².